The summed E-state index contributed by atoms with van der Waals surface area (Å²) in [4.78, 5) is 5.77. The first kappa shape index (κ1) is 14.1. The van der Waals surface area contributed by atoms with Crippen LogP contribution in [0.5, 0.6) is 0 Å². The number of rotatable bonds is 4. The van der Waals surface area contributed by atoms with Crippen molar-refractivity contribution in [1.29, 1.82) is 0 Å². The summed E-state index contributed by atoms with van der Waals surface area (Å²) in [6.45, 7) is 6.28. The second kappa shape index (κ2) is 6.22. The Morgan fingerprint density at radius 1 is 1.26 bits per heavy atom. The summed E-state index contributed by atoms with van der Waals surface area (Å²) in [6.07, 6.45) is 2.71. The minimum absolute atomic E-state index is 0.155. The Morgan fingerprint density at radius 3 is 2.79 bits per heavy atom. The number of benzene rings is 1. The largest absolute Gasteiger partial charge is 0.328 e. The number of pyridine rings is 1. The Labute approximate surface area is 119 Å². The van der Waals surface area contributed by atoms with Gasteiger partial charge in [-0.1, -0.05) is 30.0 Å². The third-order valence-electron chi connectivity index (χ3n) is 2.94. The zero-order chi connectivity index (χ0) is 13.8. The molecule has 0 spiro atoms. The van der Waals surface area contributed by atoms with Gasteiger partial charge in [-0.05, 0) is 56.0 Å². The number of hydrogen-bond acceptors (Lipinski definition) is 3. The van der Waals surface area contributed by atoms with Crippen molar-refractivity contribution in [1.82, 2.24) is 4.98 Å². The second-order valence-electron chi connectivity index (χ2n) is 5.02. The highest BCUT2D eigenvalue weighted by atomic mass is 32.2. The highest BCUT2D eigenvalue weighted by Crippen LogP contribution is 2.32. The minimum Gasteiger partial charge on any atom is -0.328 e. The molecule has 0 amide bonds. The van der Waals surface area contributed by atoms with Crippen LogP contribution in [0.15, 0.2) is 46.5 Å². The van der Waals surface area contributed by atoms with Gasteiger partial charge in [0.25, 0.3) is 0 Å². The van der Waals surface area contributed by atoms with E-state index in [0.29, 0.717) is 0 Å². The summed E-state index contributed by atoms with van der Waals surface area (Å²) in [5, 5.41) is 1.06. The van der Waals surface area contributed by atoms with Crippen molar-refractivity contribution in [3.63, 3.8) is 0 Å². The molecule has 1 unspecified atom stereocenters. The van der Waals surface area contributed by atoms with Crippen molar-refractivity contribution < 1.29 is 0 Å². The Morgan fingerprint density at radius 2 is 2.05 bits per heavy atom. The topological polar surface area (TPSA) is 38.9 Å². The first-order chi connectivity index (χ1) is 9.06. The molecule has 1 aromatic carbocycles. The van der Waals surface area contributed by atoms with Gasteiger partial charge in [0.05, 0.1) is 0 Å². The number of aromatic nitrogens is 1. The number of hydrogen-bond donors (Lipinski definition) is 1. The molecule has 19 heavy (non-hydrogen) atoms. The fraction of sp³-hybridized carbons (Fsp3) is 0.312. The molecule has 2 nitrogen and oxygen atoms in total. The molecule has 100 valence electrons. The molecule has 2 aromatic rings. The number of nitrogens with two attached hydrogens (primary N) is 1. The van der Waals surface area contributed by atoms with Gasteiger partial charge in [0, 0.05) is 17.1 Å². The third kappa shape index (κ3) is 3.82. The predicted molar refractivity (Wildman–Crippen MR) is 81.6 cm³/mol. The summed E-state index contributed by atoms with van der Waals surface area (Å²) in [5.41, 5.74) is 9.69. The van der Waals surface area contributed by atoms with Crippen LogP contribution >= 0.6 is 11.8 Å². The molecule has 0 aliphatic rings. The van der Waals surface area contributed by atoms with Crippen molar-refractivity contribution in [2.75, 3.05) is 0 Å². The minimum atomic E-state index is 0.155. The summed E-state index contributed by atoms with van der Waals surface area (Å²) in [6, 6.07) is 10.8. The van der Waals surface area contributed by atoms with Crippen LogP contribution in [0, 0.1) is 13.8 Å². The Kier molecular flexibility index (Phi) is 4.61. The molecule has 0 radical (unpaired) electrons. The average Bonchev–Trinajstić information content (AvgIpc) is 2.35. The van der Waals surface area contributed by atoms with Crippen molar-refractivity contribution in [2.45, 2.75) is 43.2 Å². The Balaban J connectivity index is 2.30. The summed E-state index contributed by atoms with van der Waals surface area (Å²) < 4.78 is 0. The van der Waals surface area contributed by atoms with Crippen LogP contribution in [0.1, 0.15) is 23.6 Å². The molecule has 0 aliphatic heterocycles. The van der Waals surface area contributed by atoms with Crippen LogP contribution in [-0.2, 0) is 6.42 Å². The molecule has 0 saturated carbocycles. The van der Waals surface area contributed by atoms with E-state index in [1.165, 1.54) is 21.6 Å². The van der Waals surface area contributed by atoms with Crippen LogP contribution in [0.3, 0.4) is 0 Å². The monoisotopic (exact) mass is 272 g/mol. The summed E-state index contributed by atoms with van der Waals surface area (Å²) in [5.74, 6) is 0. The van der Waals surface area contributed by atoms with Gasteiger partial charge in [-0.3, -0.25) is 0 Å². The molecule has 1 heterocycles. The van der Waals surface area contributed by atoms with Crippen LogP contribution in [0.2, 0.25) is 0 Å². The molecule has 2 N–H and O–H groups in total. The van der Waals surface area contributed by atoms with Gasteiger partial charge in [0.15, 0.2) is 0 Å². The van der Waals surface area contributed by atoms with E-state index in [2.05, 4.69) is 43.1 Å². The van der Waals surface area contributed by atoms with Crippen LogP contribution < -0.4 is 5.73 Å². The zero-order valence-corrected chi connectivity index (χ0v) is 12.5. The average molecular weight is 272 g/mol. The second-order valence-corrected chi connectivity index (χ2v) is 6.05. The Hall–Kier alpha value is -1.32. The molecule has 0 bridgehead atoms. The van der Waals surface area contributed by atoms with Gasteiger partial charge >= 0.3 is 0 Å². The number of aryl methyl sites for hydroxylation is 2. The fourth-order valence-electron chi connectivity index (χ4n) is 1.94. The summed E-state index contributed by atoms with van der Waals surface area (Å²) in [7, 11) is 0. The maximum absolute atomic E-state index is 5.90. The molecule has 3 heteroatoms. The van der Waals surface area contributed by atoms with Gasteiger partial charge in [0.2, 0.25) is 0 Å². The normalized spacial score (nSPS) is 12.4. The SMILES string of the molecule is Cc1ccc(C)c(Sc2ncccc2CC(C)N)c1. The van der Waals surface area contributed by atoms with E-state index in [1.807, 2.05) is 19.2 Å². The van der Waals surface area contributed by atoms with Crippen LogP contribution in [-0.4, -0.2) is 11.0 Å². The molecule has 1 atom stereocenters. The lowest BCUT2D eigenvalue weighted by atomic mass is 10.1. The molecule has 1 aromatic heterocycles. The number of nitrogens with zero attached hydrogens (tertiary/aromatic N) is 1. The van der Waals surface area contributed by atoms with E-state index in [9.17, 15) is 0 Å². The van der Waals surface area contributed by atoms with E-state index in [4.69, 9.17) is 5.73 Å². The first-order valence-corrected chi connectivity index (χ1v) is 7.32. The Bertz CT molecular complexity index is 564. The maximum Gasteiger partial charge on any atom is 0.104 e. The molecular formula is C16H20N2S. The van der Waals surface area contributed by atoms with E-state index in [-0.39, 0.29) is 6.04 Å². The van der Waals surface area contributed by atoms with E-state index >= 15 is 0 Å². The fourth-order valence-corrected chi connectivity index (χ4v) is 3.02. The molecule has 0 aliphatic carbocycles. The zero-order valence-electron chi connectivity index (χ0n) is 11.7. The predicted octanol–water partition coefficient (Wildman–Crippen LogP) is 3.74. The quantitative estimate of drug-likeness (QED) is 0.921. The van der Waals surface area contributed by atoms with E-state index < -0.39 is 0 Å². The first-order valence-electron chi connectivity index (χ1n) is 6.51. The van der Waals surface area contributed by atoms with Gasteiger partial charge in [-0.2, -0.15) is 0 Å². The maximum atomic E-state index is 5.90. The lowest BCUT2D eigenvalue weighted by Gasteiger charge is -2.11. The van der Waals surface area contributed by atoms with Crippen molar-refractivity contribution in [3.05, 3.63) is 53.2 Å². The lowest BCUT2D eigenvalue weighted by molar-refractivity contribution is 0.722. The molecule has 2 rings (SSSR count). The highest BCUT2D eigenvalue weighted by molar-refractivity contribution is 7.99. The smallest absolute Gasteiger partial charge is 0.104 e. The van der Waals surface area contributed by atoms with Gasteiger partial charge < -0.3 is 5.73 Å². The standard InChI is InChI=1S/C16H20N2S/c1-11-6-7-12(2)15(9-11)19-16-14(10-13(3)17)5-4-8-18-16/h4-9,13H,10,17H2,1-3H3. The van der Waals surface area contributed by atoms with Crippen molar-refractivity contribution >= 4 is 11.8 Å². The van der Waals surface area contributed by atoms with Crippen molar-refractivity contribution in [3.8, 4) is 0 Å². The lowest BCUT2D eigenvalue weighted by Crippen LogP contribution is -2.18. The van der Waals surface area contributed by atoms with Gasteiger partial charge in [-0.15, -0.1) is 0 Å². The van der Waals surface area contributed by atoms with E-state index in [1.54, 1.807) is 11.8 Å². The third-order valence-corrected chi connectivity index (χ3v) is 4.16. The van der Waals surface area contributed by atoms with Crippen molar-refractivity contribution in [2.24, 2.45) is 5.73 Å². The molecular weight excluding hydrogens is 252 g/mol. The highest BCUT2D eigenvalue weighted by Gasteiger charge is 2.09. The molecule has 0 fully saturated rings. The van der Waals surface area contributed by atoms with E-state index in [0.717, 1.165) is 11.4 Å². The summed E-state index contributed by atoms with van der Waals surface area (Å²) >= 11 is 1.73. The van der Waals surface area contributed by atoms with Crippen LogP contribution in [0.25, 0.3) is 0 Å². The van der Waals surface area contributed by atoms with Gasteiger partial charge in [0.1, 0.15) is 5.03 Å². The van der Waals surface area contributed by atoms with Crippen LogP contribution in [0.4, 0.5) is 0 Å². The van der Waals surface area contributed by atoms with Gasteiger partial charge in [-0.25, -0.2) is 4.98 Å². The molecule has 0 saturated heterocycles.